The van der Waals surface area contributed by atoms with Crippen LogP contribution in [0.1, 0.15) is 28.8 Å². The van der Waals surface area contributed by atoms with Gasteiger partial charge in [0.15, 0.2) is 4.80 Å². The van der Waals surface area contributed by atoms with E-state index >= 15 is 0 Å². The highest BCUT2D eigenvalue weighted by Crippen LogP contribution is 2.22. The SMILES string of the molecule is COCCn1c(=NC(=O)c2ccc(S(=O)(=O)N3CCCC3)cc2)sc2cccc(C)c21. The van der Waals surface area contributed by atoms with Crippen LogP contribution < -0.4 is 4.80 Å². The Hall–Kier alpha value is -2.33. The van der Waals surface area contributed by atoms with Crippen molar-refractivity contribution in [2.24, 2.45) is 4.99 Å². The van der Waals surface area contributed by atoms with Crippen LogP contribution in [0.3, 0.4) is 0 Å². The Morgan fingerprint density at radius 3 is 2.52 bits per heavy atom. The second-order valence-corrected chi connectivity index (χ2v) is 10.5. The van der Waals surface area contributed by atoms with Crippen molar-refractivity contribution in [3.63, 3.8) is 0 Å². The molecule has 2 aromatic carbocycles. The number of sulfonamides is 1. The molecular formula is C22H25N3O4S2. The predicted octanol–water partition coefficient (Wildman–Crippen LogP) is 3.18. The van der Waals surface area contributed by atoms with E-state index in [1.807, 2.05) is 29.7 Å². The highest BCUT2D eigenvalue weighted by Gasteiger charge is 2.27. The fourth-order valence-corrected chi connectivity index (χ4v) is 6.43. The van der Waals surface area contributed by atoms with Crippen LogP contribution in [0.5, 0.6) is 0 Å². The Kier molecular flexibility index (Phi) is 6.38. The fraction of sp³-hybridized carbons (Fsp3) is 0.364. The summed E-state index contributed by atoms with van der Waals surface area (Å²) in [5, 5.41) is 0. The maximum Gasteiger partial charge on any atom is 0.279 e. The average Bonchev–Trinajstić information content (AvgIpc) is 3.42. The molecule has 3 aromatic rings. The molecule has 1 amide bonds. The molecule has 0 spiro atoms. The topological polar surface area (TPSA) is 81.0 Å². The van der Waals surface area contributed by atoms with Gasteiger partial charge in [-0.1, -0.05) is 23.5 Å². The van der Waals surface area contributed by atoms with Crippen LogP contribution in [0.15, 0.2) is 52.4 Å². The van der Waals surface area contributed by atoms with Gasteiger partial charge in [0.2, 0.25) is 10.0 Å². The van der Waals surface area contributed by atoms with Gasteiger partial charge >= 0.3 is 0 Å². The van der Waals surface area contributed by atoms with E-state index in [1.54, 1.807) is 7.11 Å². The van der Waals surface area contributed by atoms with Gasteiger partial charge in [-0.2, -0.15) is 9.30 Å². The van der Waals surface area contributed by atoms with E-state index in [9.17, 15) is 13.2 Å². The molecule has 9 heteroatoms. The Balaban J connectivity index is 1.67. The monoisotopic (exact) mass is 459 g/mol. The zero-order valence-electron chi connectivity index (χ0n) is 17.6. The number of aromatic nitrogens is 1. The summed E-state index contributed by atoms with van der Waals surface area (Å²) in [7, 11) is -1.86. The van der Waals surface area contributed by atoms with Crippen molar-refractivity contribution in [2.75, 3.05) is 26.8 Å². The fourth-order valence-electron chi connectivity index (χ4n) is 3.78. The number of methoxy groups -OCH3 is 1. The number of nitrogens with zero attached hydrogens (tertiary/aromatic N) is 3. The van der Waals surface area contributed by atoms with Gasteiger partial charge in [0.25, 0.3) is 5.91 Å². The minimum Gasteiger partial charge on any atom is -0.383 e. The van der Waals surface area contributed by atoms with Crippen LogP contribution in [0.25, 0.3) is 10.2 Å². The van der Waals surface area contributed by atoms with Crippen molar-refractivity contribution in [3.8, 4) is 0 Å². The molecule has 2 heterocycles. The van der Waals surface area contributed by atoms with Crippen LogP contribution in [0, 0.1) is 6.92 Å². The summed E-state index contributed by atoms with van der Waals surface area (Å²) in [5.74, 6) is -0.402. The first-order valence-corrected chi connectivity index (χ1v) is 12.4. The van der Waals surface area contributed by atoms with Crippen LogP contribution in [-0.2, 0) is 21.3 Å². The standard InChI is InChI=1S/C22H25N3O4S2/c1-16-6-5-7-19-20(16)25(14-15-29-2)22(30-19)23-21(26)17-8-10-18(11-9-17)31(27,28)24-12-3-4-13-24/h5-11H,3-4,12-15H2,1-2H3. The average molecular weight is 460 g/mol. The molecule has 0 bridgehead atoms. The van der Waals surface area contributed by atoms with Crippen molar-refractivity contribution >= 4 is 37.5 Å². The van der Waals surface area contributed by atoms with Crippen LogP contribution in [0.2, 0.25) is 0 Å². The van der Waals surface area contributed by atoms with E-state index in [0.29, 0.717) is 36.6 Å². The lowest BCUT2D eigenvalue weighted by Crippen LogP contribution is -2.27. The predicted molar refractivity (Wildman–Crippen MR) is 121 cm³/mol. The van der Waals surface area contributed by atoms with Crippen LogP contribution in [0.4, 0.5) is 0 Å². The third-order valence-corrected chi connectivity index (χ3v) is 8.38. The number of carbonyl (C=O) groups is 1. The number of fused-ring (bicyclic) bond motifs is 1. The zero-order chi connectivity index (χ0) is 22.0. The Morgan fingerprint density at radius 1 is 1.13 bits per heavy atom. The number of para-hydroxylation sites is 1. The molecule has 0 saturated carbocycles. The van der Waals surface area contributed by atoms with Gasteiger partial charge in [0, 0.05) is 32.3 Å². The summed E-state index contributed by atoms with van der Waals surface area (Å²) in [6.07, 6.45) is 1.76. The number of hydrogen-bond acceptors (Lipinski definition) is 5. The minimum absolute atomic E-state index is 0.207. The third kappa shape index (κ3) is 4.36. The molecule has 0 radical (unpaired) electrons. The molecule has 1 aliphatic rings. The van der Waals surface area contributed by atoms with E-state index < -0.39 is 15.9 Å². The Labute approximate surface area is 185 Å². The third-order valence-electron chi connectivity index (χ3n) is 5.42. The number of thiazole rings is 1. The molecular weight excluding hydrogens is 434 g/mol. The minimum atomic E-state index is -3.50. The molecule has 1 aliphatic heterocycles. The van der Waals surface area contributed by atoms with Gasteiger partial charge in [-0.3, -0.25) is 4.79 Å². The molecule has 1 saturated heterocycles. The van der Waals surface area contributed by atoms with Crippen molar-refractivity contribution in [1.82, 2.24) is 8.87 Å². The molecule has 0 unspecified atom stereocenters. The molecule has 164 valence electrons. The highest BCUT2D eigenvalue weighted by molar-refractivity contribution is 7.89. The lowest BCUT2D eigenvalue weighted by molar-refractivity contribution is 0.0997. The van der Waals surface area contributed by atoms with Crippen molar-refractivity contribution in [3.05, 3.63) is 58.4 Å². The van der Waals surface area contributed by atoms with E-state index in [4.69, 9.17) is 4.74 Å². The van der Waals surface area contributed by atoms with Crippen molar-refractivity contribution < 1.29 is 17.9 Å². The summed E-state index contributed by atoms with van der Waals surface area (Å²) >= 11 is 1.45. The van der Waals surface area contributed by atoms with E-state index in [0.717, 1.165) is 28.6 Å². The Morgan fingerprint density at radius 2 is 1.84 bits per heavy atom. The zero-order valence-corrected chi connectivity index (χ0v) is 19.2. The lowest BCUT2D eigenvalue weighted by atomic mass is 10.2. The first-order chi connectivity index (χ1) is 14.9. The second kappa shape index (κ2) is 9.04. The van der Waals surface area contributed by atoms with E-state index in [-0.39, 0.29) is 4.90 Å². The number of carbonyl (C=O) groups excluding carboxylic acids is 1. The molecule has 7 nitrogen and oxygen atoms in total. The molecule has 1 aromatic heterocycles. The molecule has 4 rings (SSSR count). The maximum absolute atomic E-state index is 12.9. The molecule has 0 N–H and O–H groups in total. The van der Waals surface area contributed by atoms with Crippen molar-refractivity contribution in [1.29, 1.82) is 0 Å². The van der Waals surface area contributed by atoms with Gasteiger partial charge in [-0.05, 0) is 55.7 Å². The first-order valence-electron chi connectivity index (χ1n) is 10.2. The number of amides is 1. The first kappa shape index (κ1) is 21.9. The van der Waals surface area contributed by atoms with Gasteiger partial charge < -0.3 is 9.30 Å². The van der Waals surface area contributed by atoms with E-state index in [1.165, 1.54) is 39.9 Å². The normalized spacial score (nSPS) is 15.7. The van der Waals surface area contributed by atoms with Gasteiger partial charge in [0.1, 0.15) is 0 Å². The highest BCUT2D eigenvalue weighted by atomic mass is 32.2. The lowest BCUT2D eigenvalue weighted by Gasteiger charge is -2.15. The smallest absolute Gasteiger partial charge is 0.279 e. The summed E-state index contributed by atoms with van der Waals surface area (Å²) in [6, 6.07) is 12.1. The molecule has 0 atom stereocenters. The summed E-state index contributed by atoms with van der Waals surface area (Å²) in [6.45, 7) is 4.21. The number of rotatable bonds is 6. The van der Waals surface area contributed by atoms with Gasteiger partial charge in [-0.25, -0.2) is 8.42 Å². The molecule has 0 aliphatic carbocycles. The maximum atomic E-state index is 12.9. The summed E-state index contributed by atoms with van der Waals surface area (Å²) < 4.78 is 35.2. The second-order valence-electron chi connectivity index (χ2n) is 7.50. The van der Waals surface area contributed by atoms with E-state index in [2.05, 4.69) is 4.99 Å². The van der Waals surface area contributed by atoms with Crippen LogP contribution >= 0.6 is 11.3 Å². The molecule has 1 fully saturated rings. The quantitative estimate of drug-likeness (QED) is 0.567. The van der Waals surface area contributed by atoms with Gasteiger partial charge in [0.05, 0.1) is 21.7 Å². The number of ether oxygens (including phenoxy) is 1. The number of aryl methyl sites for hydroxylation is 1. The largest absolute Gasteiger partial charge is 0.383 e. The number of hydrogen-bond donors (Lipinski definition) is 0. The summed E-state index contributed by atoms with van der Waals surface area (Å²) in [4.78, 5) is 18.0. The van der Waals surface area contributed by atoms with Crippen molar-refractivity contribution in [2.45, 2.75) is 31.2 Å². The Bertz CT molecular complexity index is 1270. The molecule has 31 heavy (non-hydrogen) atoms. The number of benzene rings is 2. The summed E-state index contributed by atoms with van der Waals surface area (Å²) in [5.41, 5.74) is 2.51. The van der Waals surface area contributed by atoms with Crippen LogP contribution in [-0.4, -0.2) is 50.0 Å². The van der Waals surface area contributed by atoms with Gasteiger partial charge in [-0.15, -0.1) is 0 Å².